The molecule has 26 nitrogen and oxygen atoms in total. The van der Waals surface area contributed by atoms with E-state index in [1.54, 1.807) is 47.6 Å². The lowest BCUT2D eigenvalue weighted by Crippen LogP contribution is -2.39. The van der Waals surface area contributed by atoms with E-state index < -0.39 is 63.9 Å². The number of ether oxygens (including phenoxy) is 6. The third kappa shape index (κ3) is 26.3. The number of carbonyl (C=O) groups excluding carboxylic acids is 10. The maximum Gasteiger partial charge on any atom is 0.417 e. The van der Waals surface area contributed by atoms with Gasteiger partial charge in [0.25, 0.3) is 0 Å². The molecule has 0 radical (unpaired) electrons. The first-order chi connectivity index (χ1) is 57.6. The predicted octanol–water partition coefficient (Wildman–Crippen LogP) is 15.8. The second-order valence-electron chi connectivity index (χ2n) is 38.4. The molecular formula is C93H130Cl4N8O18. The highest BCUT2D eigenvalue weighted by molar-refractivity contribution is 6.32. The number of aliphatic hydroxyl groups is 2. The molecule has 123 heavy (non-hydrogen) atoms. The number of likely N-dealkylation sites (tertiary alicyclic amines) is 2. The molecule has 30 heteroatoms. The van der Waals surface area contributed by atoms with Crippen LogP contribution in [-0.2, 0) is 66.8 Å². The quantitative estimate of drug-likeness (QED) is 0.0598. The third-order valence-electron chi connectivity index (χ3n) is 23.7. The Balaban J connectivity index is 0.000000188. The van der Waals surface area contributed by atoms with Gasteiger partial charge in [-0.05, 0) is 239 Å². The van der Waals surface area contributed by atoms with Crippen molar-refractivity contribution in [3.63, 3.8) is 0 Å². The molecule has 8 saturated heterocycles. The lowest BCUT2D eigenvalue weighted by Gasteiger charge is -2.36. The molecule has 0 aliphatic carbocycles. The molecule has 8 aliphatic rings. The van der Waals surface area contributed by atoms with Gasteiger partial charge in [-0.25, -0.2) is 19.4 Å². The van der Waals surface area contributed by atoms with Crippen LogP contribution >= 0.6 is 46.4 Å². The average Bonchev–Trinajstić information content (AvgIpc) is 1.78. The first-order valence-electron chi connectivity index (χ1n) is 43.4. The van der Waals surface area contributed by atoms with Gasteiger partial charge >= 0.3 is 36.1 Å². The van der Waals surface area contributed by atoms with Gasteiger partial charge in [0.1, 0.15) is 28.0 Å². The number of benzene rings is 4. The van der Waals surface area contributed by atoms with E-state index in [4.69, 9.17) is 74.8 Å². The molecule has 8 atom stereocenters. The van der Waals surface area contributed by atoms with Crippen LogP contribution in [0, 0.1) is 47.3 Å². The van der Waals surface area contributed by atoms with Crippen molar-refractivity contribution in [1.29, 1.82) is 0 Å². The van der Waals surface area contributed by atoms with Gasteiger partial charge in [-0.3, -0.25) is 38.4 Å². The van der Waals surface area contributed by atoms with Crippen LogP contribution in [0.3, 0.4) is 0 Å². The number of imide groups is 2. The van der Waals surface area contributed by atoms with Crippen molar-refractivity contribution in [1.82, 2.24) is 20.4 Å². The van der Waals surface area contributed by atoms with Crippen molar-refractivity contribution < 1.29 is 86.6 Å². The molecule has 4 N–H and O–H groups in total. The van der Waals surface area contributed by atoms with E-state index in [9.17, 15) is 58.2 Å². The second kappa shape index (κ2) is 42.0. The van der Waals surface area contributed by atoms with E-state index in [2.05, 4.69) is 43.2 Å². The number of nitrogens with one attached hydrogen (secondary N) is 2. The van der Waals surface area contributed by atoms with Crippen molar-refractivity contribution in [2.75, 3.05) is 118 Å². The maximum atomic E-state index is 13.2. The highest BCUT2D eigenvalue weighted by Gasteiger charge is 2.49. The zero-order chi connectivity index (χ0) is 90.7. The highest BCUT2D eigenvalue weighted by Crippen LogP contribution is 2.47. The minimum Gasteiger partial charge on any atom is -0.469 e. The molecule has 12 rings (SSSR count). The summed E-state index contributed by atoms with van der Waals surface area (Å²) in [7, 11) is 1.44. The van der Waals surface area contributed by atoms with Gasteiger partial charge in [0.2, 0.25) is 23.6 Å². The first-order valence-corrected chi connectivity index (χ1v) is 44.9. The molecule has 0 bridgehead atoms. The van der Waals surface area contributed by atoms with Gasteiger partial charge in [-0.2, -0.15) is 0 Å². The van der Waals surface area contributed by atoms with Crippen LogP contribution < -0.4 is 30.2 Å². The van der Waals surface area contributed by atoms with Gasteiger partial charge in [0.15, 0.2) is 0 Å². The van der Waals surface area contributed by atoms with Crippen LogP contribution in [0.15, 0.2) is 72.8 Å². The van der Waals surface area contributed by atoms with E-state index in [1.165, 1.54) is 17.6 Å². The number of esters is 4. The predicted molar refractivity (Wildman–Crippen MR) is 477 cm³/mol. The van der Waals surface area contributed by atoms with Crippen LogP contribution in [-0.4, -0.2) is 207 Å². The Bertz CT molecular complexity index is 4250. The van der Waals surface area contributed by atoms with Gasteiger partial charge in [-0.15, -0.1) is 0 Å². The Hall–Kier alpha value is -8.14. The lowest BCUT2D eigenvalue weighted by atomic mass is 9.85. The standard InChI is InChI=1S/C27H39ClN2O5.C26H37ClN2O6.C21H29ClN2O4.C19H25ClN2O3/c1-8-19-21(16-30(23(19)31)25(33)35-27(5,6)7)20-10-9-18(28)15-22(20)29-13-11-17(12-14-29)24(32)34-26(2,3)4;1-25(2,3)34-23(32)16-9-11-28(12-10-16)21-13-17(27)7-8-18(21)19-14-29(22(31)20(19)15-30)24(33)35-26(4,5)6;1-21(2,3)28-20(27)13-6-8-24(9-7-13)18-10-14(22)4-5-15(18)16-11-23-19(26)17(16)12-25;1-3-14-16(11-21-18(14)23)15-5-4-13(20)10-17(15)22-8-6-12(7-9-22)19(24)25-2/h9-10,15,17,19,21H,8,11-14,16H2,1-7H3;7-8,13,16,19-20,30H,9-12,14-15H2,1-6H3;4-5,10,13,16-17,25H,6-9,11-12H2,1-3H3,(H,23,26);4-5,10,12,14,16H,3,6-9,11H2,1-2H3,(H,21,23)/t19-,21+;19-,20-;16-,17-;14-,16+/m1111/s1. The summed E-state index contributed by atoms with van der Waals surface area (Å²) in [6, 6.07) is 22.8. The smallest absolute Gasteiger partial charge is 0.417 e. The van der Waals surface area contributed by atoms with Crippen molar-refractivity contribution in [3.8, 4) is 0 Å². The summed E-state index contributed by atoms with van der Waals surface area (Å²) in [5.74, 6) is -3.64. The number of hydrogen-bond acceptors (Lipinski definition) is 22. The summed E-state index contributed by atoms with van der Waals surface area (Å²) in [5, 5.41) is 28.0. The summed E-state index contributed by atoms with van der Waals surface area (Å²) in [6.45, 7) is 38.1. The van der Waals surface area contributed by atoms with E-state index in [-0.39, 0.29) is 121 Å². The van der Waals surface area contributed by atoms with Crippen LogP contribution in [0.4, 0.5) is 32.3 Å². The number of amides is 6. The SMILES string of the molecule is CC(C)(C)OC(=O)C1CCN(c2cc(Cl)ccc2[C@H]2CN(C(=O)OC(C)(C)C)C(=O)[C@@H]2CO)CC1.CC(C)(C)OC(=O)C1CCN(c2cc(Cl)ccc2[C@H]2CNC(=O)[C@@H]2CO)CC1.CC[C@H]1C(=O)N(C(=O)OC(C)(C)C)C[C@@H]1c1ccc(Cl)cc1N1CCC(C(=O)OC(C)(C)C)CC1.CC[C@H]1C(=O)NC[C@@H]1c1ccc(Cl)cc1N1CCC(C(=O)OC)CC1. The Morgan fingerprint density at radius 3 is 0.886 bits per heavy atom. The Labute approximate surface area is 746 Å². The minimum absolute atomic E-state index is 0.00698. The zero-order valence-electron chi connectivity index (χ0n) is 74.9. The van der Waals surface area contributed by atoms with Gasteiger partial charge in [0.05, 0.1) is 55.8 Å². The van der Waals surface area contributed by atoms with Gasteiger partial charge in [-0.1, -0.05) is 84.5 Å². The molecule has 8 aliphatic heterocycles. The Kier molecular flexibility index (Phi) is 33.7. The van der Waals surface area contributed by atoms with Crippen molar-refractivity contribution in [2.24, 2.45) is 47.3 Å². The summed E-state index contributed by atoms with van der Waals surface area (Å²) >= 11 is 25.3. The molecule has 678 valence electrons. The number of rotatable bonds is 16. The largest absolute Gasteiger partial charge is 0.469 e. The minimum atomic E-state index is -0.762. The van der Waals surface area contributed by atoms with Crippen LogP contribution in [0.5, 0.6) is 0 Å². The normalized spacial score (nSPS) is 22.8. The number of halogens is 4. The van der Waals surface area contributed by atoms with Crippen molar-refractivity contribution >= 4 is 129 Å². The van der Waals surface area contributed by atoms with Gasteiger partial charge < -0.3 is 68.9 Å². The van der Waals surface area contributed by atoms with Crippen LogP contribution in [0.25, 0.3) is 0 Å². The number of piperidine rings is 4. The monoisotopic (exact) mass is 1790 g/mol. The number of nitrogens with zero attached hydrogens (tertiary/aromatic N) is 6. The molecule has 0 saturated carbocycles. The maximum absolute atomic E-state index is 13.2. The summed E-state index contributed by atoms with van der Waals surface area (Å²) < 4.78 is 32.5. The number of carbonyl (C=O) groups is 10. The molecule has 8 heterocycles. The van der Waals surface area contributed by atoms with E-state index in [0.29, 0.717) is 104 Å². The van der Waals surface area contributed by atoms with Crippen LogP contribution in [0.2, 0.25) is 20.1 Å². The Morgan fingerprint density at radius 2 is 0.618 bits per heavy atom. The van der Waals surface area contributed by atoms with Crippen LogP contribution in [0.1, 0.15) is 228 Å². The number of aliphatic hydroxyl groups excluding tert-OH is 2. The number of hydrogen-bond donors (Lipinski definition) is 4. The van der Waals surface area contributed by atoms with E-state index >= 15 is 0 Å². The molecule has 0 aromatic heterocycles. The number of methoxy groups -OCH3 is 1. The fourth-order valence-corrected chi connectivity index (χ4v) is 18.3. The molecule has 4 aromatic rings. The Morgan fingerprint density at radius 1 is 0.366 bits per heavy atom. The topological polar surface area (TPSA) is 310 Å². The molecule has 0 unspecified atom stereocenters. The second-order valence-corrected chi connectivity index (χ2v) is 40.1. The lowest BCUT2D eigenvalue weighted by molar-refractivity contribution is -0.161. The van der Waals surface area contributed by atoms with Gasteiger partial charge in [0, 0.05) is 157 Å². The third-order valence-corrected chi connectivity index (χ3v) is 24.6. The molecule has 6 amide bonds. The first kappa shape index (κ1) is 98.6. The van der Waals surface area contributed by atoms with Crippen molar-refractivity contribution in [2.45, 2.75) is 234 Å². The summed E-state index contributed by atoms with van der Waals surface area (Å²) in [4.78, 5) is 136. The summed E-state index contributed by atoms with van der Waals surface area (Å²) in [6.07, 6.45) is 5.75. The fourth-order valence-electron chi connectivity index (χ4n) is 17.7. The molecule has 8 fully saturated rings. The van der Waals surface area contributed by atoms with E-state index in [1.807, 2.05) is 130 Å². The fraction of sp³-hybridized carbons (Fsp3) is 0.634. The number of anilines is 4. The average molecular weight is 1790 g/mol. The highest BCUT2D eigenvalue weighted by atomic mass is 35.5. The van der Waals surface area contributed by atoms with Crippen molar-refractivity contribution in [3.05, 3.63) is 115 Å². The molecule has 4 aromatic carbocycles. The summed E-state index contributed by atoms with van der Waals surface area (Å²) in [5.41, 5.74) is 4.98. The molecule has 0 spiro atoms. The zero-order valence-corrected chi connectivity index (χ0v) is 78.0. The van der Waals surface area contributed by atoms with E-state index in [0.717, 1.165) is 89.8 Å². The molecular weight excluding hydrogens is 1660 g/mol.